The van der Waals surface area contributed by atoms with Gasteiger partial charge in [0.2, 0.25) is 5.91 Å². The minimum absolute atomic E-state index is 0.0697. The Bertz CT molecular complexity index is 1270. The van der Waals surface area contributed by atoms with Crippen LogP contribution in [0.5, 0.6) is 5.75 Å². The number of aliphatic hydroxyl groups is 1. The number of nitrogens with zero attached hydrogens (tertiary/aromatic N) is 1. The molecule has 5 rings (SSSR count). The lowest BCUT2D eigenvalue weighted by Crippen LogP contribution is -2.42. The first-order chi connectivity index (χ1) is 15.9. The number of rotatable bonds is 4. The summed E-state index contributed by atoms with van der Waals surface area (Å²) in [7, 11) is 1.62. The number of benzene rings is 3. The van der Waals surface area contributed by atoms with Gasteiger partial charge in [0, 0.05) is 24.2 Å². The highest BCUT2D eigenvalue weighted by molar-refractivity contribution is 6.01. The smallest absolute Gasteiger partial charge is 0.253 e. The van der Waals surface area contributed by atoms with Crippen molar-refractivity contribution in [3.63, 3.8) is 0 Å². The fourth-order valence-electron chi connectivity index (χ4n) is 4.94. The molecule has 1 atom stereocenters. The summed E-state index contributed by atoms with van der Waals surface area (Å²) in [6.45, 7) is 1.02. The van der Waals surface area contributed by atoms with Crippen LogP contribution < -0.4 is 10.5 Å². The fraction of sp³-hybridized carbons (Fsp3) is 0.259. The van der Waals surface area contributed by atoms with Crippen LogP contribution in [-0.2, 0) is 6.42 Å². The Morgan fingerprint density at radius 3 is 2.67 bits per heavy atom. The molecule has 0 radical (unpaired) electrons. The van der Waals surface area contributed by atoms with Crippen molar-refractivity contribution >= 4 is 11.8 Å². The monoisotopic (exact) mass is 442 g/mol. The minimum atomic E-state index is -0.470. The molecule has 6 heteroatoms. The fourth-order valence-corrected chi connectivity index (χ4v) is 4.94. The third-order valence-corrected chi connectivity index (χ3v) is 6.61. The van der Waals surface area contributed by atoms with Crippen molar-refractivity contribution in [3.8, 4) is 28.0 Å². The predicted octanol–water partition coefficient (Wildman–Crippen LogP) is 3.63. The molecule has 0 unspecified atom stereocenters. The lowest BCUT2D eigenvalue weighted by molar-refractivity contribution is 0.0473. The molecule has 1 fully saturated rings. The molecule has 0 saturated carbocycles. The lowest BCUT2D eigenvalue weighted by atomic mass is 9.94. The topological polar surface area (TPSA) is 92.9 Å². The Kier molecular flexibility index (Phi) is 5.38. The maximum atomic E-state index is 13.0. The summed E-state index contributed by atoms with van der Waals surface area (Å²) in [4.78, 5) is 27.1. The Hall–Kier alpha value is -3.64. The quantitative estimate of drug-likeness (QED) is 0.505. The first-order valence-electron chi connectivity index (χ1n) is 11.2. The van der Waals surface area contributed by atoms with Crippen molar-refractivity contribution in [1.29, 1.82) is 0 Å². The number of piperidine rings is 1. The third kappa shape index (κ3) is 3.87. The zero-order chi connectivity index (χ0) is 23.1. The van der Waals surface area contributed by atoms with Gasteiger partial charge in [0.1, 0.15) is 5.75 Å². The van der Waals surface area contributed by atoms with Crippen molar-refractivity contribution in [2.45, 2.75) is 25.4 Å². The van der Waals surface area contributed by atoms with Crippen LogP contribution in [0.3, 0.4) is 0 Å². The molecular weight excluding hydrogens is 416 g/mol. The number of amides is 2. The van der Waals surface area contributed by atoms with E-state index in [-0.39, 0.29) is 5.91 Å². The molecular formula is C27H26N2O4. The Morgan fingerprint density at radius 2 is 1.91 bits per heavy atom. The second-order valence-electron chi connectivity index (χ2n) is 8.74. The Balaban J connectivity index is 1.54. The predicted molar refractivity (Wildman–Crippen MR) is 126 cm³/mol. The van der Waals surface area contributed by atoms with Gasteiger partial charge in [0.05, 0.1) is 13.2 Å². The SMILES string of the molecule is COc1cccc(-c2cc(C(N)=O)c3c(c2)-c2ccc(C(=O)N4CCC[C@H](O)C4)cc2C3)c1. The largest absolute Gasteiger partial charge is 0.497 e. The number of aliphatic hydroxyl groups excluding tert-OH is 1. The molecule has 0 aromatic heterocycles. The van der Waals surface area contributed by atoms with E-state index in [1.807, 2.05) is 48.5 Å². The van der Waals surface area contributed by atoms with Gasteiger partial charge >= 0.3 is 0 Å². The highest BCUT2D eigenvalue weighted by atomic mass is 16.5. The van der Waals surface area contributed by atoms with Crippen molar-refractivity contribution in [2.75, 3.05) is 20.2 Å². The van der Waals surface area contributed by atoms with Crippen LogP contribution in [0, 0.1) is 0 Å². The van der Waals surface area contributed by atoms with Gasteiger partial charge in [-0.2, -0.15) is 0 Å². The van der Waals surface area contributed by atoms with E-state index in [1.165, 1.54) is 0 Å². The number of β-amino-alcohol motifs (C(OH)–C–C–N with tert-alkyl or cyclic N) is 1. The van der Waals surface area contributed by atoms with Gasteiger partial charge in [-0.05, 0) is 89.0 Å². The standard InChI is InChI=1S/C27H26N2O4/c1-33-21-6-2-4-16(11-21)18-12-23-22-8-7-17(27(32)29-9-3-5-20(30)15-29)10-19(22)14-24(23)25(13-18)26(28)31/h2,4,6-8,10-13,20,30H,3,5,9,14-15H2,1H3,(H2,28,31)/t20-/m0/s1. The van der Waals surface area contributed by atoms with Gasteiger partial charge in [0.15, 0.2) is 0 Å². The van der Waals surface area contributed by atoms with E-state index in [0.717, 1.165) is 52.0 Å². The van der Waals surface area contributed by atoms with Gasteiger partial charge < -0.3 is 20.5 Å². The molecule has 2 aliphatic rings. The second kappa shape index (κ2) is 8.37. The highest BCUT2D eigenvalue weighted by Crippen LogP contribution is 2.42. The molecule has 0 bridgehead atoms. The van der Waals surface area contributed by atoms with E-state index in [1.54, 1.807) is 12.0 Å². The summed E-state index contributed by atoms with van der Waals surface area (Å²) in [6.07, 6.45) is 1.62. The summed E-state index contributed by atoms with van der Waals surface area (Å²) in [6, 6.07) is 17.3. The number of nitrogens with two attached hydrogens (primary N) is 1. The van der Waals surface area contributed by atoms with Crippen LogP contribution in [0.15, 0.2) is 54.6 Å². The normalized spacial score (nSPS) is 16.8. The molecule has 3 aromatic carbocycles. The molecule has 168 valence electrons. The maximum absolute atomic E-state index is 13.0. The van der Waals surface area contributed by atoms with Crippen LogP contribution in [-0.4, -0.2) is 48.1 Å². The number of hydrogen-bond acceptors (Lipinski definition) is 4. The van der Waals surface area contributed by atoms with Gasteiger partial charge in [0.25, 0.3) is 5.91 Å². The Labute approximate surface area is 192 Å². The zero-order valence-electron chi connectivity index (χ0n) is 18.5. The van der Waals surface area contributed by atoms with Crippen LogP contribution in [0.25, 0.3) is 22.3 Å². The number of methoxy groups -OCH3 is 1. The van der Waals surface area contributed by atoms with Crippen LogP contribution in [0.4, 0.5) is 0 Å². The van der Waals surface area contributed by atoms with E-state index in [4.69, 9.17) is 10.5 Å². The van der Waals surface area contributed by atoms with Crippen molar-refractivity contribution in [3.05, 3.63) is 76.9 Å². The zero-order valence-corrected chi connectivity index (χ0v) is 18.5. The van der Waals surface area contributed by atoms with Crippen molar-refractivity contribution in [1.82, 2.24) is 4.90 Å². The molecule has 1 aliphatic heterocycles. The summed E-state index contributed by atoms with van der Waals surface area (Å²) in [5.74, 6) is 0.196. The molecule has 1 aliphatic carbocycles. The maximum Gasteiger partial charge on any atom is 0.253 e. The lowest BCUT2D eigenvalue weighted by Gasteiger charge is -2.30. The van der Waals surface area contributed by atoms with Crippen LogP contribution in [0.1, 0.15) is 44.7 Å². The number of carbonyl (C=O) groups excluding carboxylic acids is 2. The average Bonchev–Trinajstić information content (AvgIpc) is 3.20. The van der Waals surface area contributed by atoms with Crippen molar-refractivity contribution < 1.29 is 19.4 Å². The van der Waals surface area contributed by atoms with Crippen LogP contribution in [0.2, 0.25) is 0 Å². The van der Waals surface area contributed by atoms with E-state index in [9.17, 15) is 14.7 Å². The summed E-state index contributed by atoms with van der Waals surface area (Å²) < 4.78 is 5.35. The van der Waals surface area contributed by atoms with E-state index >= 15 is 0 Å². The number of ether oxygens (including phenoxy) is 1. The summed E-state index contributed by atoms with van der Waals surface area (Å²) >= 11 is 0. The first-order valence-corrected chi connectivity index (χ1v) is 11.2. The molecule has 0 spiro atoms. The number of hydrogen-bond donors (Lipinski definition) is 2. The van der Waals surface area contributed by atoms with E-state index in [2.05, 4.69) is 6.07 Å². The van der Waals surface area contributed by atoms with Crippen LogP contribution >= 0.6 is 0 Å². The molecule has 1 saturated heterocycles. The number of primary amides is 1. The van der Waals surface area contributed by atoms with Gasteiger partial charge in [-0.25, -0.2) is 0 Å². The number of carbonyl (C=O) groups is 2. The molecule has 1 heterocycles. The van der Waals surface area contributed by atoms with E-state index < -0.39 is 12.0 Å². The van der Waals surface area contributed by atoms with Gasteiger partial charge in [-0.15, -0.1) is 0 Å². The average molecular weight is 443 g/mol. The second-order valence-corrected chi connectivity index (χ2v) is 8.74. The van der Waals surface area contributed by atoms with Crippen molar-refractivity contribution in [2.24, 2.45) is 5.73 Å². The third-order valence-electron chi connectivity index (χ3n) is 6.61. The number of fused-ring (bicyclic) bond motifs is 3. The minimum Gasteiger partial charge on any atom is -0.497 e. The molecule has 33 heavy (non-hydrogen) atoms. The highest BCUT2D eigenvalue weighted by Gasteiger charge is 2.27. The molecule has 6 nitrogen and oxygen atoms in total. The summed E-state index contributed by atoms with van der Waals surface area (Å²) in [5.41, 5.74) is 12.5. The number of likely N-dealkylation sites (tertiary alicyclic amines) is 1. The first kappa shape index (κ1) is 21.2. The van der Waals surface area contributed by atoms with E-state index in [0.29, 0.717) is 30.6 Å². The molecule has 3 N–H and O–H groups in total. The van der Waals surface area contributed by atoms with Gasteiger partial charge in [-0.1, -0.05) is 18.2 Å². The summed E-state index contributed by atoms with van der Waals surface area (Å²) in [5, 5.41) is 9.94. The molecule has 2 amide bonds. The molecule has 3 aromatic rings. The Morgan fingerprint density at radius 1 is 1.06 bits per heavy atom. The van der Waals surface area contributed by atoms with Gasteiger partial charge in [-0.3, -0.25) is 9.59 Å².